The Morgan fingerprint density at radius 2 is 1.82 bits per heavy atom. The van der Waals surface area contributed by atoms with Crippen molar-refractivity contribution in [2.75, 3.05) is 18.5 Å². The van der Waals surface area contributed by atoms with Crippen molar-refractivity contribution in [1.29, 1.82) is 0 Å². The molecule has 2 N–H and O–H groups in total. The van der Waals surface area contributed by atoms with Crippen LogP contribution < -0.4 is 20.3 Å². The molecule has 0 aliphatic carbocycles. The number of fused-ring (bicyclic) bond motifs is 2. The average Bonchev–Trinajstić information content (AvgIpc) is 2.67. The molecule has 0 spiro atoms. The SMILES string of the molecule is Cc1ccc(C)c(NC(=O)CCc2cc3cc4c(cc3[nH]c2=O)OCCO4)c1. The molecular formula is C22H22N2O4. The largest absolute Gasteiger partial charge is 0.486 e. The minimum Gasteiger partial charge on any atom is -0.486 e. The summed E-state index contributed by atoms with van der Waals surface area (Å²) in [6.45, 7) is 4.94. The smallest absolute Gasteiger partial charge is 0.251 e. The number of pyridine rings is 1. The lowest BCUT2D eigenvalue weighted by Crippen LogP contribution is -2.18. The van der Waals surface area contributed by atoms with Crippen LogP contribution in [0, 0.1) is 13.8 Å². The molecule has 0 saturated heterocycles. The highest BCUT2D eigenvalue weighted by Crippen LogP contribution is 2.33. The normalized spacial score (nSPS) is 12.8. The lowest BCUT2D eigenvalue weighted by molar-refractivity contribution is -0.116. The topological polar surface area (TPSA) is 80.4 Å². The molecule has 3 aromatic rings. The molecule has 0 bridgehead atoms. The van der Waals surface area contributed by atoms with E-state index in [1.54, 1.807) is 6.07 Å². The van der Waals surface area contributed by atoms with E-state index in [4.69, 9.17) is 9.47 Å². The number of aromatic amines is 1. The number of hydrogen-bond acceptors (Lipinski definition) is 4. The Bertz CT molecular complexity index is 1120. The first-order chi connectivity index (χ1) is 13.5. The first kappa shape index (κ1) is 18.1. The van der Waals surface area contributed by atoms with Gasteiger partial charge in [0.25, 0.3) is 5.56 Å². The molecule has 0 unspecified atom stereocenters. The highest BCUT2D eigenvalue weighted by atomic mass is 16.6. The summed E-state index contributed by atoms with van der Waals surface area (Å²) in [7, 11) is 0. The Labute approximate surface area is 162 Å². The van der Waals surface area contributed by atoms with Crippen molar-refractivity contribution in [3.8, 4) is 11.5 Å². The van der Waals surface area contributed by atoms with Crippen molar-refractivity contribution in [2.24, 2.45) is 0 Å². The number of benzene rings is 2. The molecule has 28 heavy (non-hydrogen) atoms. The summed E-state index contributed by atoms with van der Waals surface area (Å²) in [5.41, 5.74) is 3.97. The van der Waals surface area contributed by atoms with Gasteiger partial charge in [-0.1, -0.05) is 12.1 Å². The molecule has 1 aliphatic rings. The zero-order valence-corrected chi connectivity index (χ0v) is 15.9. The van der Waals surface area contributed by atoms with Gasteiger partial charge in [0.05, 0.1) is 5.52 Å². The molecule has 1 aromatic heterocycles. The van der Waals surface area contributed by atoms with Crippen LogP contribution in [0.5, 0.6) is 11.5 Å². The Hall–Kier alpha value is -3.28. The van der Waals surface area contributed by atoms with Crippen LogP contribution in [0.25, 0.3) is 10.9 Å². The number of ether oxygens (including phenoxy) is 2. The predicted molar refractivity (Wildman–Crippen MR) is 108 cm³/mol. The molecular weight excluding hydrogens is 356 g/mol. The van der Waals surface area contributed by atoms with Gasteiger partial charge in [-0.3, -0.25) is 9.59 Å². The van der Waals surface area contributed by atoms with E-state index in [1.807, 2.05) is 44.2 Å². The minimum atomic E-state index is -0.191. The van der Waals surface area contributed by atoms with Crippen LogP contribution in [-0.4, -0.2) is 24.1 Å². The molecule has 0 atom stereocenters. The highest BCUT2D eigenvalue weighted by molar-refractivity contribution is 5.91. The Morgan fingerprint density at radius 3 is 2.61 bits per heavy atom. The first-order valence-electron chi connectivity index (χ1n) is 9.32. The second-order valence-corrected chi connectivity index (χ2v) is 7.07. The number of aromatic nitrogens is 1. The van der Waals surface area contributed by atoms with Gasteiger partial charge in [0, 0.05) is 29.1 Å². The maximum Gasteiger partial charge on any atom is 0.251 e. The average molecular weight is 378 g/mol. The number of anilines is 1. The van der Waals surface area contributed by atoms with E-state index in [2.05, 4.69) is 10.3 Å². The highest BCUT2D eigenvalue weighted by Gasteiger charge is 2.14. The fourth-order valence-corrected chi connectivity index (χ4v) is 3.31. The van der Waals surface area contributed by atoms with Crippen LogP contribution in [0.2, 0.25) is 0 Å². The maximum atomic E-state index is 12.4. The summed E-state index contributed by atoms with van der Waals surface area (Å²) in [4.78, 5) is 27.6. The molecule has 0 radical (unpaired) electrons. The summed E-state index contributed by atoms with van der Waals surface area (Å²) in [5.74, 6) is 1.19. The molecule has 2 aromatic carbocycles. The molecule has 1 amide bonds. The lowest BCUT2D eigenvalue weighted by Gasteiger charge is -2.18. The summed E-state index contributed by atoms with van der Waals surface area (Å²) >= 11 is 0. The lowest BCUT2D eigenvalue weighted by atomic mass is 10.1. The van der Waals surface area contributed by atoms with Crippen LogP contribution in [0.1, 0.15) is 23.1 Å². The van der Waals surface area contributed by atoms with Crippen LogP contribution >= 0.6 is 0 Å². The quantitative estimate of drug-likeness (QED) is 0.728. The van der Waals surface area contributed by atoms with E-state index < -0.39 is 0 Å². The zero-order chi connectivity index (χ0) is 19.7. The number of carbonyl (C=O) groups is 1. The van der Waals surface area contributed by atoms with Crippen LogP contribution in [0.3, 0.4) is 0 Å². The monoisotopic (exact) mass is 378 g/mol. The van der Waals surface area contributed by atoms with Crippen molar-refractivity contribution in [2.45, 2.75) is 26.7 Å². The molecule has 0 fully saturated rings. The Balaban J connectivity index is 1.51. The van der Waals surface area contributed by atoms with Crippen molar-refractivity contribution >= 4 is 22.5 Å². The van der Waals surface area contributed by atoms with E-state index in [0.29, 0.717) is 42.2 Å². The van der Waals surface area contributed by atoms with Gasteiger partial charge >= 0.3 is 0 Å². The summed E-state index contributed by atoms with van der Waals surface area (Å²) in [5, 5.41) is 3.79. The van der Waals surface area contributed by atoms with Gasteiger partial charge in [0.15, 0.2) is 11.5 Å². The standard InChI is InChI=1S/C22H22N2O4/c1-13-3-4-14(2)17(9-13)23-21(25)6-5-15-10-16-11-19-20(28-8-7-27-19)12-18(16)24-22(15)26/h3-4,9-12H,5-8H2,1-2H3,(H,23,25)(H,24,26). The Kier molecular flexibility index (Phi) is 4.77. The molecule has 4 rings (SSSR count). The van der Waals surface area contributed by atoms with Crippen molar-refractivity contribution in [3.63, 3.8) is 0 Å². The van der Waals surface area contributed by atoms with Gasteiger partial charge in [0.2, 0.25) is 5.91 Å². The maximum absolute atomic E-state index is 12.4. The van der Waals surface area contributed by atoms with Gasteiger partial charge < -0.3 is 19.8 Å². The zero-order valence-electron chi connectivity index (χ0n) is 15.9. The van der Waals surface area contributed by atoms with E-state index in [9.17, 15) is 9.59 Å². The van der Waals surface area contributed by atoms with E-state index in [1.165, 1.54) is 0 Å². The Morgan fingerprint density at radius 1 is 1.07 bits per heavy atom. The molecule has 144 valence electrons. The van der Waals surface area contributed by atoms with Gasteiger partial charge in [-0.25, -0.2) is 0 Å². The second-order valence-electron chi connectivity index (χ2n) is 7.07. The minimum absolute atomic E-state index is 0.115. The third-order valence-corrected chi connectivity index (χ3v) is 4.87. The van der Waals surface area contributed by atoms with Crippen molar-refractivity contribution in [3.05, 3.63) is 63.4 Å². The first-order valence-corrected chi connectivity index (χ1v) is 9.32. The molecule has 6 heteroatoms. The van der Waals surface area contributed by atoms with Gasteiger partial charge in [-0.15, -0.1) is 0 Å². The fraction of sp³-hybridized carbons (Fsp3) is 0.273. The van der Waals surface area contributed by atoms with Crippen molar-refractivity contribution < 1.29 is 14.3 Å². The summed E-state index contributed by atoms with van der Waals surface area (Å²) in [6, 6.07) is 11.4. The molecule has 0 saturated carbocycles. The number of nitrogens with one attached hydrogen (secondary N) is 2. The second kappa shape index (κ2) is 7.38. The van der Waals surface area contributed by atoms with Crippen LogP contribution in [0.4, 0.5) is 5.69 Å². The molecule has 2 heterocycles. The van der Waals surface area contributed by atoms with Crippen LogP contribution in [-0.2, 0) is 11.2 Å². The van der Waals surface area contributed by atoms with Crippen LogP contribution in [0.15, 0.2) is 41.2 Å². The number of aryl methyl sites for hydroxylation is 3. The fourth-order valence-electron chi connectivity index (χ4n) is 3.31. The number of hydrogen-bond donors (Lipinski definition) is 2. The van der Waals surface area contributed by atoms with E-state index >= 15 is 0 Å². The third kappa shape index (κ3) is 3.71. The van der Waals surface area contributed by atoms with Gasteiger partial charge in [-0.05, 0) is 49.6 Å². The van der Waals surface area contributed by atoms with Crippen molar-refractivity contribution in [1.82, 2.24) is 4.98 Å². The number of H-pyrrole nitrogens is 1. The van der Waals surface area contributed by atoms with Gasteiger partial charge in [0.1, 0.15) is 13.2 Å². The number of amides is 1. The predicted octanol–water partition coefficient (Wildman–Crippen LogP) is 3.49. The van der Waals surface area contributed by atoms with E-state index in [0.717, 1.165) is 22.2 Å². The summed E-state index contributed by atoms with van der Waals surface area (Å²) < 4.78 is 11.2. The van der Waals surface area contributed by atoms with Gasteiger partial charge in [-0.2, -0.15) is 0 Å². The number of rotatable bonds is 4. The number of carbonyl (C=O) groups excluding carboxylic acids is 1. The third-order valence-electron chi connectivity index (χ3n) is 4.87. The molecule has 1 aliphatic heterocycles. The molecule has 6 nitrogen and oxygen atoms in total. The van der Waals surface area contributed by atoms with E-state index in [-0.39, 0.29) is 17.9 Å². The summed E-state index contributed by atoms with van der Waals surface area (Å²) in [6.07, 6.45) is 0.586.